The van der Waals surface area contributed by atoms with Gasteiger partial charge in [-0.05, 0) is 19.8 Å². The van der Waals surface area contributed by atoms with Crippen LogP contribution >= 0.6 is 11.6 Å². The number of carbonyl (C=O) groups is 1. The molecule has 1 saturated heterocycles. The second kappa shape index (κ2) is 6.89. The van der Waals surface area contributed by atoms with E-state index < -0.39 is 0 Å². The monoisotopic (exact) mass is 347 g/mol. The van der Waals surface area contributed by atoms with Crippen molar-refractivity contribution in [1.29, 1.82) is 0 Å². The Morgan fingerprint density at radius 3 is 2.83 bits per heavy atom. The minimum Gasteiger partial charge on any atom is -0.335 e. The first-order valence-corrected chi connectivity index (χ1v) is 8.66. The third-order valence-corrected chi connectivity index (χ3v) is 4.70. The molecule has 0 saturated carbocycles. The number of piperidine rings is 1. The maximum atomic E-state index is 12.9. The van der Waals surface area contributed by atoms with E-state index >= 15 is 0 Å². The van der Waals surface area contributed by atoms with Crippen LogP contribution in [0.5, 0.6) is 0 Å². The van der Waals surface area contributed by atoms with Crippen molar-refractivity contribution in [2.24, 2.45) is 0 Å². The van der Waals surface area contributed by atoms with Gasteiger partial charge in [0.15, 0.2) is 5.69 Å². The van der Waals surface area contributed by atoms with Gasteiger partial charge in [0.05, 0.1) is 17.3 Å². The molecule has 3 heterocycles. The van der Waals surface area contributed by atoms with E-state index in [0.717, 1.165) is 25.2 Å². The van der Waals surface area contributed by atoms with Crippen LogP contribution in [0.15, 0.2) is 18.6 Å². The van der Waals surface area contributed by atoms with Crippen LogP contribution in [0, 0.1) is 6.92 Å². The van der Waals surface area contributed by atoms with Crippen molar-refractivity contribution in [2.45, 2.75) is 45.6 Å². The van der Waals surface area contributed by atoms with Crippen molar-refractivity contribution in [1.82, 2.24) is 24.4 Å². The molecule has 0 N–H and O–H groups in total. The molecule has 0 bridgehead atoms. The number of halogens is 1. The Morgan fingerprint density at radius 2 is 2.17 bits per heavy atom. The van der Waals surface area contributed by atoms with E-state index in [1.54, 1.807) is 6.20 Å². The Balaban J connectivity index is 1.82. The molecule has 7 heteroatoms. The highest BCUT2D eigenvalue weighted by Gasteiger charge is 2.28. The fraction of sp³-hybridized carbons (Fsp3) is 0.529. The number of imidazole rings is 1. The van der Waals surface area contributed by atoms with Crippen LogP contribution in [-0.2, 0) is 0 Å². The summed E-state index contributed by atoms with van der Waals surface area (Å²) in [7, 11) is 0. The molecule has 0 aromatic carbocycles. The molecule has 1 aliphatic rings. The van der Waals surface area contributed by atoms with Crippen LogP contribution in [0.4, 0.5) is 0 Å². The quantitative estimate of drug-likeness (QED) is 0.855. The van der Waals surface area contributed by atoms with E-state index in [1.807, 2.05) is 31.9 Å². The standard InChI is InChI=1S/C17H22ClN5O/c1-11(2)16-20-9-14(18)15(21-16)17(24)22-7-4-5-13(10-22)23-8-6-19-12(23)3/h6,8-9,11,13H,4-5,7,10H2,1-3H3/t13-/m1/s1. The van der Waals surface area contributed by atoms with Crippen molar-refractivity contribution in [3.63, 3.8) is 0 Å². The van der Waals surface area contributed by atoms with E-state index in [9.17, 15) is 4.79 Å². The summed E-state index contributed by atoms with van der Waals surface area (Å²) in [6.45, 7) is 7.34. The van der Waals surface area contributed by atoms with Gasteiger partial charge in [0.1, 0.15) is 11.6 Å². The molecule has 1 atom stereocenters. The van der Waals surface area contributed by atoms with Gasteiger partial charge in [0, 0.05) is 31.4 Å². The highest BCUT2D eigenvalue weighted by atomic mass is 35.5. The summed E-state index contributed by atoms with van der Waals surface area (Å²) in [6.07, 6.45) is 7.29. The third kappa shape index (κ3) is 3.29. The summed E-state index contributed by atoms with van der Waals surface area (Å²) >= 11 is 6.19. The summed E-state index contributed by atoms with van der Waals surface area (Å²) in [4.78, 5) is 27.6. The number of hydrogen-bond donors (Lipinski definition) is 0. The number of aryl methyl sites for hydroxylation is 1. The van der Waals surface area contributed by atoms with Gasteiger partial charge in [-0.15, -0.1) is 0 Å². The van der Waals surface area contributed by atoms with E-state index in [2.05, 4.69) is 19.5 Å². The predicted octanol–water partition coefficient (Wildman–Crippen LogP) is 3.24. The lowest BCUT2D eigenvalue weighted by atomic mass is 10.0. The molecule has 6 nitrogen and oxygen atoms in total. The molecule has 0 aliphatic carbocycles. The SMILES string of the molecule is Cc1nccn1[C@@H]1CCCN(C(=O)c2nc(C(C)C)ncc2Cl)C1. The summed E-state index contributed by atoms with van der Waals surface area (Å²) in [5.41, 5.74) is 0.304. The molecular formula is C17H22ClN5O. The molecule has 128 valence electrons. The van der Waals surface area contributed by atoms with Crippen LogP contribution in [0.25, 0.3) is 0 Å². The third-order valence-electron chi connectivity index (χ3n) is 4.42. The zero-order valence-corrected chi connectivity index (χ0v) is 15.0. The van der Waals surface area contributed by atoms with E-state index in [-0.39, 0.29) is 17.9 Å². The highest BCUT2D eigenvalue weighted by molar-refractivity contribution is 6.33. The molecule has 1 aliphatic heterocycles. The maximum absolute atomic E-state index is 12.9. The van der Waals surface area contributed by atoms with Gasteiger partial charge in [-0.3, -0.25) is 4.79 Å². The Kier molecular flexibility index (Phi) is 4.85. The first-order chi connectivity index (χ1) is 11.5. The normalized spacial score (nSPS) is 18.2. The van der Waals surface area contributed by atoms with Gasteiger partial charge in [0.2, 0.25) is 0 Å². The van der Waals surface area contributed by atoms with Crippen LogP contribution in [0.2, 0.25) is 5.02 Å². The minimum absolute atomic E-state index is 0.119. The topological polar surface area (TPSA) is 63.9 Å². The lowest BCUT2D eigenvalue weighted by molar-refractivity contribution is 0.0672. The van der Waals surface area contributed by atoms with Crippen molar-refractivity contribution < 1.29 is 4.79 Å². The van der Waals surface area contributed by atoms with Gasteiger partial charge in [0.25, 0.3) is 5.91 Å². The average molecular weight is 348 g/mol. The Bertz CT molecular complexity index is 742. The largest absolute Gasteiger partial charge is 0.335 e. The van der Waals surface area contributed by atoms with Gasteiger partial charge < -0.3 is 9.47 Å². The number of rotatable bonds is 3. The average Bonchev–Trinajstić information content (AvgIpc) is 3.00. The van der Waals surface area contributed by atoms with Crippen molar-refractivity contribution >= 4 is 17.5 Å². The molecular weight excluding hydrogens is 326 g/mol. The number of aromatic nitrogens is 4. The van der Waals surface area contributed by atoms with Crippen LogP contribution in [-0.4, -0.2) is 43.4 Å². The van der Waals surface area contributed by atoms with Crippen LogP contribution in [0.1, 0.15) is 60.8 Å². The second-order valence-electron chi connectivity index (χ2n) is 6.51. The zero-order chi connectivity index (χ0) is 17.3. The zero-order valence-electron chi connectivity index (χ0n) is 14.2. The maximum Gasteiger partial charge on any atom is 0.274 e. The summed E-state index contributed by atoms with van der Waals surface area (Å²) < 4.78 is 2.14. The lowest BCUT2D eigenvalue weighted by Crippen LogP contribution is -2.41. The molecule has 3 rings (SSSR count). The minimum atomic E-state index is -0.119. The molecule has 0 spiro atoms. The number of carbonyl (C=O) groups excluding carboxylic acids is 1. The Morgan fingerprint density at radius 1 is 1.38 bits per heavy atom. The number of amides is 1. The second-order valence-corrected chi connectivity index (χ2v) is 6.92. The van der Waals surface area contributed by atoms with Gasteiger partial charge in [-0.25, -0.2) is 15.0 Å². The molecule has 0 radical (unpaired) electrons. The van der Waals surface area contributed by atoms with Crippen LogP contribution in [0.3, 0.4) is 0 Å². The van der Waals surface area contributed by atoms with Crippen LogP contribution < -0.4 is 0 Å². The van der Waals surface area contributed by atoms with E-state index in [4.69, 9.17) is 11.6 Å². The number of hydrogen-bond acceptors (Lipinski definition) is 4. The Labute approximate surface area is 146 Å². The fourth-order valence-corrected chi connectivity index (χ4v) is 3.27. The van der Waals surface area contributed by atoms with Gasteiger partial charge in [-0.1, -0.05) is 25.4 Å². The summed E-state index contributed by atoms with van der Waals surface area (Å²) in [6, 6.07) is 0.246. The number of likely N-dealkylation sites (tertiary alicyclic amines) is 1. The fourth-order valence-electron chi connectivity index (χ4n) is 3.10. The predicted molar refractivity (Wildman–Crippen MR) is 92.3 cm³/mol. The first kappa shape index (κ1) is 16.9. The van der Waals surface area contributed by atoms with Crippen molar-refractivity contribution in [3.05, 3.63) is 41.0 Å². The molecule has 24 heavy (non-hydrogen) atoms. The molecule has 2 aromatic heterocycles. The first-order valence-electron chi connectivity index (χ1n) is 8.28. The molecule has 0 unspecified atom stereocenters. The Hall–Kier alpha value is -1.95. The van der Waals surface area contributed by atoms with E-state index in [1.165, 1.54) is 6.20 Å². The van der Waals surface area contributed by atoms with E-state index in [0.29, 0.717) is 23.1 Å². The van der Waals surface area contributed by atoms with Gasteiger partial charge >= 0.3 is 0 Å². The van der Waals surface area contributed by atoms with Crippen molar-refractivity contribution in [3.8, 4) is 0 Å². The van der Waals surface area contributed by atoms with Crippen molar-refractivity contribution in [2.75, 3.05) is 13.1 Å². The molecule has 2 aromatic rings. The summed E-state index contributed by atoms with van der Waals surface area (Å²) in [5, 5.41) is 0.310. The molecule has 1 fully saturated rings. The molecule has 1 amide bonds. The highest BCUT2D eigenvalue weighted by Crippen LogP contribution is 2.25. The smallest absolute Gasteiger partial charge is 0.274 e. The summed E-state index contributed by atoms with van der Waals surface area (Å²) in [5.74, 6) is 1.64. The number of nitrogens with zero attached hydrogens (tertiary/aromatic N) is 5. The lowest BCUT2D eigenvalue weighted by Gasteiger charge is -2.33. The van der Waals surface area contributed by atoms with Gasteiger partial charge in [-0.2, -0.15) is 0 Å².